The minimum Gasteiger partial charge on any atom is -0.493 e. The topological polar surface area (TPSA) is 62.2 Å². The van der Waals surface area contributed by atoms with Crippen LogP contribution in [0.2, 0.25) is 5.02 Å². The summed E-state index contributed by atoms with van der Waals surface area (Å²) in [6.45, 7) is 6.61. The summed E-state index contributed by atoms with van der Waals surface area (Å²) in [6, 6.07) is 9.84. The second kappa shape index (κ2) is 12.0. The number of nitrogens with one attached hydrogen (secondary N) is 1. The first-order valence-corrected chi connectivity index (χ1v) is 10.1. The molecule has 164 valence electrons. The van der Waals surface area contributed by atoms with Gasteiger partial charge in [0.25, 0.3) is 0 Å². The standard InChI is InChI=1S/C21H28ClN5O2.HI/c1-4-29-20-17(22)13-16(14-18(20)28-3)15-25-21(23-2)27-11-9-26(10-12-27)19-7-5-6-8-24-19;/h5-8,13-14H,4,9-12,15H2,1-3H3,(H,23,25);1H. The number of pyridine rings is 1. The first kappa shape index (κ1) is 24.3. The molecule has 0 bridgehead atoms. The first-order valence-electron chi connectivity index (χ1n) is 9.77. The highest BCUT2D eigenvalue weighted by molar-refractivity contribution is 14.0. The number of benzene rings is 1. The Bertz CT molecular complexity index is 830. The molecule has 30 heavy (non-hydrogen) atoms. The smallest absolute Gasteiger partial charge is 0.194 e. The summed E-state index contributed by atoms with van der Waals surface area (Å²) < 4.78 is 11.0. The quantitative estimate of drug-likeness (QED) is 0.340. The zero-order valence-electron chi connectivity index (χ0n) is 17.6. The number of aliphatic imine (C=N–C) groups is 1. The van der Waals surface area contributed by atoms with Crippen molar-refractivity contribution >= 4 is 47.4 Å². The molecule has 1 aromatic heterocycles. The van der Waals surface area contributed by atoms with Gasteiger partial charge in [0.2, 0.25) is 0 Å². The lowest BCUT2D eigenvalue weighted by molar-refractivity contribution is 0.311. The van der Waals surface area contributed by atoms with Crippen LogP contribution < -0.4 is 19.7 Å². The van der Waals surface area contributed by atoms with E-state index in [2.05, 4.69) is 25.1 Å². The first-order chi connectivity index (χ1) is 14.2. The maximum Gasteiger partial charge on any atom is 0.194 e. The monoisotopic (exact) mass is 545 g/mol. The van der Waals surface area contributed by atoms with Gasteiger partial charge in [0, 0.05) is 46.0 Å². The molecule has 1 aliphatic heterocycles. The Balaban J connectivity index is 0.00000320. The van der Waals surface area contributed by atoms with E-state index in [-0.39, 0.29) is 24.0 Å². The number of hydrogen-bond acceptors (Lipinski definition) is 5. The van der Waals surface area contributed by atoms with Crippen LogP contribution in [-0.2, 0) is 6.54 Å². The molecule has 1 N–H and O–H groups in total. The van der Waals surface area contributed by atoms with Gasteiger partial charge in [0.1, 0.15) is 5.82 Å². The molecule has 1 fully saturated rings. The van der Waals surface area contributed by atoms with Crippen molar-refractivity contribution in [1.29, 1.82) is 0 Å². The Morgan fingerprint density at radius 1 is 1.23 bits per heavy atom. The van der Waals surface area contributed by atoms with E-state index in [0.29, 0.717) is 29.7 Å². The van der Waals surface area contributed by atoms with Crippen LogP contribution in [0, 0.1) is 0 Å². The van der Waals surface area contributed by atoms with Crippen LogP contribution in [0.25, 0.3) is 0 Å². The summed E-state index contributed by atoms with van der Waals surface area (Å²) in [5.41, 5.74) is 1.00. The van der Waals surface area contributed by atoms with E-state index in [1.54, 1.807) is 14.2 Å². The van der Waals surface area contributed by atoms with Gasteiger partial charge in [0.05, 0.1) is 18.7 Å². The van der Waals surface area contributed by atoms with Gasteiger partial charge in [-0.3, -0.25) is 4.99 Å². The van der Waals surface area contributed by atoms with Crippen molar-refractivity contribution < 1.29 is 9.47 Å². The van der Waals surface area contributed by atoms with Crippen LogP contribution in [0.1, 0.15) is 12.5 Å². The molecule has 3 rings (SSSR count). The van der Waals surface area contributed by atoms with Crippen LogP contribution >= 0.6 is 35.6 Å². The van der Waals surface area contributed by atoms with Crippen molar-refractivity contribution in [2.24, 2.45) is 4.99 Å². The lowest BCUT2D eigenvalue weighted by atomic mass is 10.2. The molecule has 7 nitrogen and oxygen atoms in total. The Hall–Kier alpha value is -1.94. The van der Waals surface area contributed by atoms with Gasteiger partial charge in [-0.15, -0.1) is 24.0 Å². The molecular formula is C21H29ClIN5O2. The number of rotatable bonds is 6. The van der Waals surface area contributed by atoms with Gasteiger partial charge in [0.15, 0.2) is 17.5 Å². The third-order valence-electron chi connectivity index (χ3n) is 4.79. The molecule has 0 amide bonds. The Kier molecular flexibility index (Phi) is 9.77. The van der Waals surface area contributed by atoms with Gasteiger partial charge >= 0.3 is 0 Å². The molecule has 1 aromatic carbocycles. The summed E-state index contributed by atoms with van der Waals surface area (Å²) in [5, 5.41) is 3.97. The van der Waals surface area contributed by atoms with E-state index in [1.807, 2.05) is 43.5 Å². The van der Waals surface area contributed by atoms with E-state index >= 15 is 0 Å². The number of ether oxygens (including phenoxy) is 2. The van der Waals surface area contributed by atoms with E-state index < -0.39 is 0 Å². The third-order valence-corrected chi connectivity index (χ3v) is 5.07. The van der Waals surface area contributed by atoms with Gasteiger partial charge in [-0.25, -0.2) is 4.98 Å². The summed E-state index contributed by atoms with van der Waals surface area (Å²) >= 11 is 6.38. The third kappa shape index (κ3) is 6.04. The molecule has 1 aliphatic rings. The fraction of sp³-hybridized carbons (Fsp3) is 0.429. The van der Waals surface area contributed by atoms with Crippen molar-refractivity contribution in [2.45, 2.75) is 13.5 Å². The predicted octanol–water partition coefficient (Wildman–Crippen LogP) is 3.66. The van der Waals surface area contributed by atoms with Crippen molar-refractivity contribution in [3.63, 3.8) is 0 Å². The SMILES string of the molecule is CCOc1c(Cl)cc(CNC(=NC)N2CCN(c3ccccn3)CC2)cc1OC.I. The van der Waals surface area contributed by atoms with Gasteiger partial charge in [-0.05, 0) is 36.8 Å². The number of piperazine rings is 1. The second-order valence-corrected chi connectivity index (χ2v) is 7.01. The molecular weight excluding hydrogens is 517 g/mol. The minimum atomic E-state index is 0. The molecule has 2 heterocycles. The molecule has 0 saturated carbocycles. The predicted molar refractivity (Wildman–Crippen MR) is 133 cm³/mol. The summed E-state index contributed by atoms with van der Waals surface area (Å²) in [4.78, 5) is 13.4. The lowest BCUT2D eigenvalue weighted by Crippen LogP contribution is -2.52. The van der Waals surface area contributed by atoms with Crippen LogP contribution in [0.3, 0.4) is 0 Å². The molecule has 0 radical (unpaired) electrons. The second-order valence-electron chi connectivity index (χ2n) is 6.60. The number of anilines is 1. The summed E-state index contributed by atoms with van der Waals surface area (Å²) in [5.74, 6) is 3.10. The molecule has 2 aromatic rings. The fourth-order valence-corrected chi connectivity index (χ4v) is 3.65. The minimum absolute atomic E-state index is 0. The van der Waals surface area contributed by atoms with E-state index in [0.717, 1.165) is 43.5 Å². The molecule has 0 unspecified atom stereocenters. The molecule has 0 atom stereocenters. The number of aromatic nitrogens is 1. The Morgan fingerprint density at radius 2 is 2.00 bits per heavy atom. The van der Waals surface area contributed by atoms with Gasteiger partial charge in [-0.2, -0.15) is 0 Å². The van der Waals surface area contributed by atoms with Gasteiger partial charge in [-0.1, -0.05) is 17.7 Å². The Labute approximate surface area is 200 Å². The van der Waals surface area contributed by atoms with Crippen LogP contribution in [0.4, 0.5) is 5.82 Å². The average molecular weight is 546 g/mol. The molecule has 1 saturated heterocycles. The van der Waals surface area contributed by atoms with Crippen molar-refractivity contribution in [1.82, 2.24) is 15.2 Å². The van der Waals surface area contributed by atoms with E-state index in [4.69, 9.17) is 21.1 Å². The average Bonchev–Trinajstić information content (AvgIpc) is 2.77. The van der Waals surface area contributed by atoms with E-state index in [1.165, 1.54) is 0 Å². The number of guanidine groups is 1. The molecule has 0 spiro atoms. The lowest BCUT2D eigenvalue weighted by Gasteiger charge is -2.37. The fourth-order valence-electron chi connectivity index (χ4n) is 3.36. The normalized spacial score (nSPS) is 14.2. The summed E-state index contributed by atoms with van der Waals surface area (Å²) in [6.07, 6.45) is 1.83. The highest BCUT2D eigenvalue weighted by atomic mass is 127. The number of halogens is 2. The van der Waals surface area contributed by atoms with Crippen LogP contribution in [-0.4, -0.2) is 62.8 Å². The maximum absolute atomic E-state index is 6.38. The zero-order valence-corrected chi connectivity index (χ0v) is 20.7. The van der Waals surface area contributed by atoms with Gasteiger partial charge < -0.3 is 24.6 Å². The van der Waals surface area contributed by atoms with Crippen molar-refractivity contribution in [3.05, 3.63) is 47.1 Å². The van der Waals surface area contributed by atoms with E-state index in [9.17, 15) is 0 Å². The van der Waals surface area contributed by atoms with Crippen LogP contribution in [0.5, 0.6) is 11.5 Å². The van der Waals surface area contributed by atoms with Crippen molar-refractivity contribution in [2.75, 3.05) is 51.8 Å². The number of methoxy groups -OCH3 is 1. The summed E-state index contributed by atoms with van der Waals surface area (Å²) in [7, 11) is 3.42. The Morgan fingerprint density at radius 3 is 2.60 bits per heavy atom. The molecule has 9 heteroatoms. The van der Waals surface area contributed by atoms with Crippen LogP contribution in [0.15, 0.2) is 41.5 Å². The zero-order chi connectivity index (χ0) is 20.6. The van der Waals surface area contributed by atoms with Crippen molar-refractivity contribution in [3.8, 4) is 11.5 Å². The highest BCUT2D eigenvalue weighted by Gasteiger charge is 2.20. The molecule has 0 aliphatic carbocycles. The number of hydrogen-bond donors (Lipinski definition) is 1. The largest absolute Gasteiger partial charge is 0.493 e. The number of nitrogens with zero attached hydrogens (tertiary/aromatic N) is 4. The maximum atomic E-state index is 6.38. The highest BCUT2D eigenvalue weighted by Crippen LogP contribution is 2.36.